The molecule has 0 spiro atoms. The number of pyridine rings is 2. The van der Waals surface area contributed by atoms with Gasteiger partial charge in [0.2, 0.25) is 0 Å². The minimum absolute atomic E-state index is 0.0784. The lowest BCUT2D eigenvalue weighted by atomic mass is 9.93. The molecule has 0 aliphatic carbocycles. The fraction of sp³-hybridized carbons (Fsp3) is 0.400. The van der Waals surface area contributed by atoms with Gasteiger partial charge in [-0.3, -0.25) is 9.78 Å². The zero-order chi connectivity index (χ0) is 15.5. The van der Waals surface area contributed by atoms with Crippen LogP contribution in [-0.4, -0.2) is 46.7 Å². The van der Waals surface area contributed by atoms with Crippen LogP contribution in [0.4, 0.5) is 0 Å². The van der Waals surface area contributed by atoms with Gasteiger partial charge in [0.05, 0.1) is 9.99 Å². The van der Waals surface area contributed by atoms with E-state index in [-0.39, 0.29) is 24.5 Å². The van der Waals surface area contributed by atoms with E-state index >= 15 is 0 Å². The number of hydrogen-bond donors (Lipinski definition) is 3. The monoisotopic (exact) mass is 364 g/mol. The quantitative estimate of drug-likeness (QED) is 0.758. The number of fused-ring (bicyclic) bond motifs is 1. The van der Waals surface area contributed by atoms with Crippen molar-refractivity contribution in [3.8, 4) is 0 Å². The topological polar surface area (TPSA) is 87.1 Å². The van der Waals surface area contributed by atoms with Gasteiger partial charge in [-0.25, -0.2) is 4.98 Å². The maximum absolute atomic E-state index is 12.4. The number of piperidine rings is 1. The smallest absolute Gasteiger partial charge is 0.270 e. The summed E-state index contributed by atoms with van der Waals surface area (Å²) in [6, 6.07) is 3.44. The Bertz CT molecular complexity index is 694. The van der Waals surface area contributed by atoms with Crippen LogP contribution in [0.3, 0.4) is 0 Å². The Morgan fingerprint density at radius 2 is 2.32 bits per heavy atom. The van der Waals surface area contributed by atoms with Crippen LogP contribution >= 0.6 is 15.9 Å². The van der Waals surface area contributed by atoms with E-state index in [2.05, 4.69) is 36.5 Å². The summed E-state index contributed by atoms with van der Waals surface area (Å²) >= 11 is 3.40. The second kappa shape index (κ2) is 6.68. The summed E-state index contributed by atoms with van der Waals surface area (Å²) in [4.78, 5) is 20.9. The number of nitrogens with one attached hydrogen (secondary N) is 2. The van der Waals surface area contributed by atoms with Crippen LogP contribution in [-0.2, 0) is 0 Å². The number of amides is 1. The van der Waals surface area contributed by atoms with Crippen molar-refractivity contribution in [3.05, 3.63) is 34.7 Å². The van der Waals surface area contributed by atoms with Crippen molar-refractivity contribution >= 4 is 32.7 Å². The highest BCUT2D eigenvalue weighted by atomic mass is 79.9. The summed E-state index contributed by atoms with van der Waals surface area (Å²) in [5, 5.41) is 16.5. The lowest BCUT2D eigenvalue weighted by Crippen LogP contribution is -2.52. The number of carbonyl (C=O) groups excluding carboxylic acids is 1. The molecule has 2 aromatic heterocycles. The molecule has 116 valence electrons. The highest BCUT2D eigenvalue weighted by Gasteiger charge is 2.26. The first-order valence-electron chi connectivity index (χ1n) is 7.21. The van der Waals surface area contributed by atoms with E-state index in [1.165, 1.54) is 0 Å². The Morgan fingerprint density at radius 3 is 3.14 bits per heavy atom. The van der Waals surface area contributed by atoms with Crippen molar-refractivity contribution in [2.45, 2.75) is 12.5 Å². The van der Waals surface area contributed by atoms with Gasteiger partial charge in [-0.1, -0.05) is 0 Å². The molecule has 0 radical (unpaired) electrons. The van der Waals surface area contributed by atoms with Crippen molar-refractivity contribution in [1.82, 2.24) is 20.6 Å². The van der Waals surface area contributed by atoms with Gasteiger partial charge in [-0.15, -0.1) is 0 Å². The fourth-order valence-electron chi connectivity index (χ4n) is 2.68. The summed E-state index contributed by atoms with van der Waals surface area (Å²) in [5.74, 6) is -0.139. The minimum atomic E-state index is -0.224. The van der Waals surface area contributed by atoms with E-state index < -0.39 is 0 Å². The molecule has 2 unspecified atom stereocenters. The summed E-state index contributed by atoms with van der Waals surface area (Å²) in [6.07, 6.45) is 4.22. The number of aliphatic hydroxyl groups excluding tert-OH is 1. The molecule has 1 aliphatic rings. The lowest BCUT2D eigenvalue weighted by molar-refractivity contribution is 0.0878. The van der Waals surface area contributed by atoms with Crippen molar-refractivity contribution < 1.29 is 9.90 Å². The molecule has 1 fully saturated rings. The standard InChI is InChI=1S/C15H17BrN4O2/c16-11-6-18-5-9-1-2-12(19-14(9)11)15(22)20-13-7-17-4-3-10(13)8-21/h1-2,5-6,10,13,17,21H,3-4,7-8H2,(H,20,22). The first kappa shape index (κ1) is 15.3. The largest absolute Gasteiger partial charge is 0.396 e. The molecule has 22 heavy (non-hydrogen) atoms. The van der Waals surface area contributed by atoms with Gasteiger partial charge >= 0.3 is 0 Å². The average molecular weight is 365 g/mol. The molecule has 2 atom stereocenters. The number of aliphatic hydroxyl groups is 1. The maximum Gasteiger partial charge on any atom is 0.270 e. The molecule has 2 aromatic rings. The van der Waals surface area contributed by atoms with E-state index in [1.54, 1.807) is 18.5 Å². The second-order valence-corrected chi connectivity index (χ2v) is 6.26. The van der Waals surface area contributed by atoms with Crippen LogP contribution < -0.4 is 10.6 Å². The van der Waals surface area contributed by atoms with Crippen LogP contribution in [0.2, 0.25) is 0 Å². The molecule has 0 bridgehead atoms. The van der Waals surface area contributed by atoms with Gasteiger partial charge in [0.1, 0.15) is 5.69 Å². The third-order valence-electron chi connectivity index (χ3n) is 3.96. The highest BCUT2D eigenvalue weighted by Crippen LogP contribution is 2.21. The number of halogens is 1. The first-order valence-corrected chi connectivity index (χ1v) is 8.01. The van der Waals surface area contributed by atoms with Crippen LogP contribution in [0, 0.1) is 5.92 Å². The Balaban J connectivity index is 1.81. The zero-order valence-corrected chi connectivity index (χ0v) is 13.5. The number of rotatable bonds is 3. The molecule has 1 saturated heterocycles. The molecule has 3 heterocycles. The first-order chi connectivity index (χ1) is 10.7. The lowest BCUT2D eigenvalue weighted by Gasteiger charge is -2.31. The maximum atomic E-state index is 12.4. The van der Waals surface area contributed by atoms with E-state index in [1.807, 2.05) is 6.07 Å². The SMILES string of the molecule is O=C(NC1CNCCC1CO)c1ccc2cncc(Br)c2n1. The van der Waals surface area contributed by atoms with Gasteiger partial charge in [0.15, 0.2) is 0 Å². The van der Waals surface area contributed by atoms with Crippen molar-refractivity contribution in [2.24, 2.45) is 5.92 Å². The van der Waals surface area contributed by atoms with Gasteiger partial charge in [0, 0.05) is 42.9 Å². The molecule has 3 N–H and O–H groups in total. The molecule has 3 rings (SSSR count). The summed E-state index contributed by atoms with van der Waals surface area (Å²) in [5.41, 5.74) is 1.07. The molecular formula is C15H17BrN4O2. The van der Waals surface area contributed by atoms with Crippen LogP contribution in [0.25, 0.3) is 10.9 Å². The third kappa shape index (κ3) is 3.11. The van der Waals surface area contributed by atoms with Gasteiger partial charge in [-0.2, -0.15) is 0 Å². The molecule has 7 heteroatoms. The summed E-state index contributed by atoms with van der Waals surface area (Å²) in [7, 11) is 0. The van der Waals surface area contributed by atoms with Gasteiger partial charge in [-0.05, 0) is 41.0 Å². The number of aromatic nitrogens is 2. The third-order valence-corrected chi connectivity index (χ3v) is 4.54. The fourth-order valence-corrected chi connectivity index (χ4v) is 3.11. The predicted molar refractivity (Wildman–Crippen MR) is 86.6 cm³/mol. The minimum Gasteiger partial charge on any atom is -0.396 e. The highest BCUT2D eigenvalue weighted by molar-refractivity contribution is 9.10. The Morgan fingerprint density at radius 1 is 1.45 bits per heavy atom. The van der Waals surface area contributed by atoms with Crippen molar-refractivity contribution in [3.63, 3.8) is 0 Å². The van der Waals surface area contributed by atoms with Crippen LogP contribution in [0.5, 0.6) is 0 Å². The molecule has 1 aliphatic heterocycles. The number of hydrogen-bond acceptors (Lipinski definition) is 5. The van der Waals surface area contributed by atoms with E-state index in [0.29, 0.717) is 17.8 Å². The average Bonchev–Trinajstić information content (AvgIpc) is 2.55. The predicted octanol–water partition coefficient (Wildman–Crippen LogP) is 1.09. The van der Waals surface area contributed by atoms with E-state index in [9.17, 15) is 9.90 Å². The van der Waals surface area contributed by atoms with Gasteiger partial charge < -0.3 is 15.7 Å². The Kier molecular flexibility index (Phi) is 4.66. The van der Waals surface area contributed by atoms with E-state index in [0.717, 1.165) is 22.8 Å². The van der Waals surface area contributed by atoms with Crippen LogP contribution in [0.15, 0.2) is 29.0 Å². The Hall–Kier alpha value is -1.57. The Labute approximate surface area is 136 Å². The second-order valence-electron chi connectivity index (χ2n) is 5.40. The van der Waals surface area contributed by atoms with Crippen molar-refractivity contribution in [1.29, 1.82) is 0 Å². The van der Waals surface area contributed by atoms with Crippen molar-refractivity contribution in [2.75, 3.05) is 19.7 Å². The normalized spacial score (nSPS) is 21.7. The van der Waals surface area contributed by atoms with E-state index in [4.69, 9.17) is 0 Å². The number of carbonyl (C=O) groups is 1. The van der Waals surface area contributed by atoms with Gasteiger partial charge in [0.25, 0.3) is 5.91 Å². The molecule has 1 amide bonds. The molecular weight excluding hydrogens is 348 g/mol. The summed E-state index contributed by atoms with van der Waals surface area (Å²) in [6.45, 7) is 1.61. The molecule has 0 saturated carbocycles. The summed E-state index contributed by atoms with van der Waals surface area (Å²) < 4.78 is 0.757. The molecule has 0 aromatic carbocycles. The molecule has 6 nitrogen and oxygen atoms in total. The number of nitrogens with zero attached hydrogens (tertiary/aromatic N) is 2. The van der Waals surface area contributed by atoms with Crippen LogP contribution in [0.1, 0.15) is 16.9 Å². The zero-order valence-electron chi connectivity index (χ0n) is 11.9.